The normalized spacial score (nSPS) is 19.4. The van der Waals surface area contributed by atoms with E-state index in [0.29, 0.717) is 45.3 Å². The van der Waals surface area contributed by atoms with Gasteiger partial charge in [0, 0.05) is 26.2 Å². The fraction of sp³-hybridized carbons (Fsp3) is 0.444. The maximum atomic E-state index is 14.1. The van der Waals surface area contributed by atoms with Gasteiger partial charge in [0.05, 0.1) is 4.90 Å². The maximum Gasteiger partial charge on any atom is 0.243 e. The number of nitrogens with one attached hydrogen (secondary N) is 1. The Bertz CT molecular complexity index is 1230. The highest BCUT2D eigenvalue weighted by Crippen LogP contribution is 2.29. The lowest BCUT2D eigenvalue weighted by molar-refractivity contribution is -0.140. The smallest absolute Gasteiger partial charge is 0.243 e. The number of nitrogens with zero attached hydrogens (tertiary/aromatic N) is 3. The summed E-state index contributed by atoms with van der Waals surface area (Å²) in [4.78, 5) is 29.6. The molecule has 0 saturated carbocycles. The third-order valence-corrected chi connectivity index (χ3v) is 9.40. The van der Waals surface area contributed by atoms with E-state index in [1.807, 2.05) is 30.3 Å². The molecule has 5 N–H and O–H groups in total. The lowest BCUT2D eigenvalue weighted by Gasteiger charge is -2.38. The average molecular weight is 541 g/mol. The molecule has 2 saturated heterocycles. The topological polar surface area (TPSA) is 154 Å². The number of piperidine rings is 1. The van der Waals surface area contributed by atoms with Crippen LogP contribution in [-0.4, -0.2) is 78.6 Å². The van der Waals surface area contributed by atoms with E-state index < -0.39 is 33.9 Å². The van der Waals surface area contributed by atoms with Crippen LogP contribution in [0.4, 0.5) is 0 Å². The Labute approximate surface area is 224 Å². The van der Waals surface area contributed by atoms with Gasteiger partial charge in [-0.25, -0.2) is 8.42 Å². The predicted molar refractivity (Wildman–Crippen MR) is 144 cm³/mol. The van der Waals surface area contributed by atoms with Crippen LogP contribution in [0.15, 0.2) is 65.6 Å². The van der Waals surface area contributed by atoms with Crippen LogP contribution in [0.1, 0.15) is 31.2 Å². The van der Waals surface area contributed by atoms with Crippen molar-refractivity contribution in [3.63, 3.8) is 0 Å². The summed E-state index contributed by atoms with van der Waals surface area (Å²) in [6, 6.07) is 15.7. The summed E-state index contributed by atoms with van der Waals surface area (Å²) in [5.41, 5.74) is 12.1. The first kappa shape index (κ1) is 27.6. The number of guanidine groups is 1. The molecule has 2 amide bonds. The number of carbonyl (C=O) groups excluding carboxylic acids is 2. The summed E-state index contributed by atoms with van der Waals surface area (Å²) >= 11 is 0. The number of benzene rings is 2. The second-order valence-electron chi connectivity index (χ2n) is 10.0. The van der Waals surface area contributed by atoms with Gasteiger partial charge in [-0.3, -0.25) is 15.0 Å². The Balaban J connectivity index is 1.73. The van der Waals surface area contributed by atoms with Crippen LogP contribution in [0, 0.1) is 11.3 Å². The first-order valence-corrected chi connectivity index (χ1v) is 14.4. The van der Waals surface area contributed by atoms with Crippen molar-refractivity contribution in [3.8, 4) is 0 Å². The third-order valence-electron chi connectivity index (χ3n) is 7.51. The highest BCUT2D eigenvalue weighted by molar-refractivity contribution is 7.89. The van der Waals surface area contributed by atoms with Crippen molar-refractivity contribution in [1.82, 2.24) is 14.1 Å². The minimum absolute atomic E-state index is 0.000807. The number of likely N-dealkylation sites (tertiary alicyclic amines) is 2. The van der Waals surface area contributed by atoms with Gasteiger partial charge in [0.1, 0.15) is 12.1 Å². The quantitative estimate of drug-likeness (QED) is 0.322. The van der Waals surface area contributed by atoms with Gasteiger partial charge in [-0.1, -0.05) is 48.5 Å². The van der Waals surface area contributed by atoms with Crippen molar-refractivity contribution < 1.29 is 18.0 Å². The largest absolute Gasteiger partial charge is 0.370 e. The van der Waals surface area contributed by atoms with Gasteiger partial charge in [-0.2, -0.15) is 4.31 Å². The summed E-state index contributed by atoms with van der Waals surface area (Å²) < 4.78 is 29.6. The molecule has 10 nitrogen and oxygen atoms in total. The van der Waals surface area contributed by atoms with Gasteiger partial charge in [0.2, 0.25) is 21.8 Å². The molecule has 2 aromatic rings. The molecule has 0 unspecified atom stereocenters. The standard InChI is InChI=1S/C27H36N6O4S/c28-25(34)23-12-7-15-32(23)26(35)24(18-20-8-3-1-4-9-20)33(38(36,37)22-10-5-2-6-11-22)19-21-13-16-31(17-14-21)27(29)30/h1-6,8-11,21,23-24H,7,12-19H2,(H2,28,34)(H3,29,30)/t23-,24+/m0/s1. The highest BCUT2D eigenvalue weighted by Gasteiger charge is 2.43. The number of sulfonamides is 1. The molecule has 0 aliphatic carbocycles. The van der Waals surface area contributed by atoms with Crippen molar-refractivity contribution in [2.75, 3.05) is 26.2 Å². The van der Waals surface area contributed by atoms with Crippen LogP contribution in [0.3, 0.4) is 0 Å². The molecule has 2 atom stereocenters. The Hall–Kier alpha value is -3.44. The van der Waals surface area contributed by atoms with Crippen LogP contribution in [0.2, 0.25) is 0 Å². The van der Waals surface area contributed by atoms with Gasteiger partial charge in [-0.15, -0.1) is 0 Å². The molecule has 4 rings (SSSR count). The van der Waals surface area contributed by atoms with E-state index in [2.05, 4.69) is 0 Å². The van der Waals surface area contributed by atoms with E-state index in [-0.39, 0.29) is 29.7 Å². The molecule has 2 aliphatic heterocycles. The Kier molecular flexibility index (Phi) is 8.68. The molecule has 2 heterocycles. The van der Waals surface area contributed by atoms with Crippen LogP contribution < -0.4 is 11.5 Å². The average Bonchev–Trinajstić information content (AvgIpc) is 3.42. The molecule has 204 valence electrons. The molecule has 0 aromatic heterocycles. The highest BCUT2D eigenvalue weighted by atomic mass is 32.2. The van der Waals surface area contributed by atoms with Crippen molar-refractivity contribution in [1.29, 1.82) is 5.41 Å². The van der Waals surface area contributed by atoms with Crippen LogP contribution in [0.5, 0.6) is 0 Å². The summed E-state index contributed by atoms with van der Waals surface area (Å²) in [7, 11) is -4.07. The fourth-order valence-corrected chi connectivity index (χ4v) is 7.08. The van der Waals surface area contributed by atoms with E-state index in [9.17, 15) is 18.0 Å². The monoisotopic (exact) mass is 540 g/mol. The molecule has 0 bridgehead atoms. The number of primary amides is 1. The first-order valence-electron chi connectivity index (χ1n) is 13.0. The summed E-state index contributed by atoms with van der Waals surface area (Å²) in [5.74, 6) is -1.01. The van der Waals surface area contributed by atoms with E-state index in [0.717, 1.165) is 5.56 Å². The molecule has 2 aliphatic rings. The SMILES string of the molecule is N=C(N)N1CCC(CN([C@H](Cc2ccccc2)C(=O)N2CCC[C@H]2C(N)=O)S(=O)(=O)c2ccccc2)CC1. The number of carbonyl (C=O) groups is 2. The second kappa shape index (κ2) is 12.0. The third kappa shape index (κ3) is 6.16. The van der Waals surface area contributed by atoms with Gasteiger partial charge < -0.3 is 21.3 Å². The lowest BCUT2D eigenvalue weighted by Crippen LogP contribution is -2.56. The van der Waals surface area contributed by atoms with Crippen molar-refractivity contribution in [3.05, 3.63) is 66.2 Å². The fourth-order valence-electron chi connectivity index (χ4n) is 5.40. The summed E-state index contributed by atoms with van der Waals surface area (Å²) in [6.07, 6.45) is 2.54. The maximum absolute atomic E-state index is 14.1. The van der Waals surface area contributed by atoms with E-state index in [1.165, 1.54) is 21.3 Å². The van der Waals surface area contributed by atoms with E-state index >= 15 is 0 Å². The van der Waals surface area contributed by atoms with Gasteiger partial charge >= 0.3 is 0 Å². The van der Waals surface area contributed by atoms with Gasteiger partial charge in [-0.05, 0) is 55.7 Å². The van der Waals surface area contributed by atoms with Gasteiger partial charge in [0.15, 0.2) is 5.96 Å². The summed E-state index contributed by atoms with van der Waals surface area (Å²) in [5, 5.41) is 7.72. The molecular formula is C27H36N6O4S. The van der Waals surface area contributed by atoms with Crippen molar-refractivity contribution >= 4 is 27.8 Å². The van der Waals surface area contributed by atoms with E-state index in [1.54, 1.807) is 23.1 Å². The summed E-state index contributed by atoms with van der Waals surface area (Å²) in [6.45, 7) is 1.59. The number of hydrogen-bond donors (Lipinski definition) is 3. The Morgan fingerprint density at radius 1 is 0.947 bits per heavy atom. The minimum Gasteiger partial charge on any atom is -0.370 e. The zero-order chi connectivity index (χ0) is 27.3. The minimum atomic E-state index is -4.07. The molecule has 0 radical (unpaired) electrons. The predicted octanol–water partition coefficient (Wildman–Crippen LogP) is 1.37. The molecule has 38 heavy (non-hydrogen) atoms. The lowest BCUT2D eigenvalue weighted by atomic mass is 9.95. The Morgan fingerprint density at radius 3 is 2.13 bits per heavy atom. The van der Waals surface area contributed by atoms with E-state index in [4.69, 9.17) is 16.9 Å². The van der Waals surface area contributed by atoms with Crippen molar-refractivity contribution in [2.24, 2.45) is 17.4 Å². The van der Waals surface area contributed by atoms with Crippen molar-refractivity contribution in [2.45, 2.75) is 49.1 Å². The molecule has 2 aromatic carbocycles. The van der Waals surface area contributed by atoms with Crippen LogP contribution in [0.25, 0.3) is 0 Å². The number of rotatable bonds is 9. The second-order valence-corrected chi connectivity index (χ2v) is 11.9. The zero-order valence-electron chi connectivity index (χ0n) is 21.4. The Morgan fingerprint density at radius 2 is 1.55 bits per heavy atom. The van der Waals surface area contributed by atoms with Crippen LogP contribution >= 0.6 is 0 Å². The van der Waals surface area contributed by atoms with Crippen LogP contribution in [-0.2, 0) is 26.0 Å². The molecular weight excluding hydrogens is 504 g/mol. The molecule has 11 heteroatoms. The van der Waals surface area contributed by atoms with Gasteiger partial charge in [0.25, 0.3) is 0 Å². The molecule has 0 spiro atoms. The number of hydrogen-bond acceptors (Lipinski definition) is 5. The number of nitrogens with two attached hydrogens (primary N) is 2. The molecule has 2 fully saturated rings. The first-order chi connectivity index (χ1) is 18.2. The number of amides is 2. The zero-order valence-corrected chi connectivity index (χ0v) is 22.2.